The van der Waals surface area contributed by atoms with Gasteiger partial charge in [-0.05, 0) is 53.8 Å². The molecule has 0 radical (unpaired) electrons. The normalized spacial score (nSPS) is 14.3. The first-order valence-corrected chi connectivity index (χ1v) is 15.2. The lowest BCUT2D eigenvalue weighted by atomic mass is 9.92. The number of benzene rings is 2. The van der Waals surface area contributed by atoms with Crippen molar-refractivity contribution in [2.75, 3.05) is 6.54 Å². The number of aromatic nitrogens is 3. The minimum atomic E-state index is -1.12. The first-order valence-electron chi connectivity index (χ1n) is 14.4. The van der Waals surface area contributed by atoms with Gasteiger partial charge >= 0.3 is 6.09 Å². The number of hydrogen-bond acceptors (Lipinski definition) is 6. The number of amides is 2. The maximum absolute atomic E-state index is 12.5. The van der Waals surface area contributed by atoms with E-state index in [9.17, 15) is 24.3 Å². The molecular formula is C34H27Cl2N5O5. The summed E-state index contributed by atoms with van der Waals surface area (Å²) < 4.78 is 1.34. The molecule has 0 saturated carbocycles. The van der Waals surface area contributed by atoms with Gasteiger partial charge in [-0.3, -0.25) is 18.8 Å². The Hall–Kier alpha value is -5.06. The molecule has 1 aliphatic heterocycles. The highest BCUT2D eigenvalue weighted by molar-refractivity contribution is 6.36. The van der Waals surface area contributed by atoms with Crippen molar-refractivity contribution in [3.63, 3.8) is 0 Å². The highest BCUT2D eigenvalue weighted by atomic mass is 35.5. The van der Waals surface area contributed by atoms with Crippen LogP contribution in [0.5, 0.6) is 0 Å². The van der Waals surface area contributed by atoms with Gasteiger partial charge < -0.3 is 15.3 Å². The Morgan fingerprint density at radius 3 is 2.50 bits per heavy atom. The molecule has 0 aliphatic carbocycles. The van der Waals surface area contributed by atoms with E-state index in [1.807, 2.05) is 43.3 Å². The Kier molecular flexibility index (Phi) is 8.57. The van der Waals surface area contributed by atoms with Crippen molar-refractivity contribution in [1.82, 2.24) is 24.6 Å². The summed E-state index contributed by atoms with van der Waals surface area (Å²) in [7, 11) is 0. The smallest absolute Gasteiger partial charge is 0.407 e. The third-order valence-corrected chi connectivity index (χ3v) is 8.89. The van der Waals surface area contributed by atoms with Crippen molar-refractivity contribution in [2.24, 2.45) is 0 Å². The number of hydrogen-bond donors (Lipinski definition) is 2. The fourth-order valence-electron chi connectivity index (χ4n) is 5.74. The lowest BCUT2D eigenvalue weighted by Gasteiger charge is -2.23. The molecule has 5 aromatic rings. The fourth-order valence-corrected chi connectivity index (χ4v) is 6.28. The standard InChI is InChI=1S/C34H27Cl2N5O5/c1-19-24(20-12-13-41-29(14-20)37-15-22(18-42)33(41)44)4-2-5-25(19)26-6-3-7-27(31(26)35)28-10-8-21(32(36)39-28)16-40(34(45)46)17-23-9-11-30(43)38-23/h2-8,10,12-15,18,23H,9,11,16-17H2,1H3,(H,38,43)(H,45,46)/t23-/m0/s1. The molecule has 46 heavy (non-hydrogen) atoms. The van der Waals surface area contributed by atoms with Gasteiger partial charge in [0, 0.05) is 48.1 Å². The zero-order valence-corrected chi connectivity index (χ0v) is 26.0. The van der Waals surface area contributed by atoms with Crippen LogP contribution in [0.25, 0.3) is 39.2 Å². The summed E-state index contributed by atoms with van der Waals surface area (Å²) in [6.45, 7) is 2.16. The van der Waals surface area contributed by atoms with Crippen LogP contribution in [0, 0.1) is 6.92 Å². The molecule has 232 valence electrons. The van der Waals surface area contributed by atoms with Crippen LogP contribution >= 0.6 is 23.2 Å². The number of rotatable bonds is 8. The number of pyridine rings is 2. The highest BCUT2D eigenvalue weighted by Crippen LogP contribution is 2.40. The quantitative estimate of drug-likeness (QED) is 0.148. The Bertz CT molecular complexity index is 2100. The number of carbonyl (C=O) groups excluding carboxylic acids is 2. The molecule has 1 aliphatic rings. The van der Waals surface area contributed by atoms with E-state index in [1.165, 1.54) is 15.5 Å². The van der Waals surface area contributed by atoms with Gasteiger partial charge in [0.15, 0.2) is 6.29 Å². The first kappa shape index (κ1) is 30.9. The molecule has 1 fully saturated rings. The molecule has 2 amide bonds. The third-order valence-electron chi connectivity index (χ3n) is 8.16. The summed E-state index contributed by atoms with van der Waals surface area (Å²) in [5.74, 6) is -0.0838. The SMILES string of the molecule is Cc1c(-c2ccn3c(=O)c(C=O)cnc3c2)cccc1-c1cccc(-c2ccc(CN(C[C@@H]3CCC(=O)N3)C(=O)O)c(Cl)n2)c1Cl. The third kappa shape index (κ3) is 5.96. The molecule has 0 unspecified atom stereocenters. The summed E-state index contributed by atoms with van der Waals surface area (Å²) in [6.07, 6.45) is 3.22. The van der Waals surface area contributed by atoms with Crippen LogP contribution in [0.2, 0.25) is 10.2 Å². The Labute approximate surface area is 273 Å². The van der Waals surface area contributed by atoms with Crippen molar-refractivity contribution in [3.8, 4) is 33.5 Å². The van der Waals surface area contributed by atoms with E-state index >= 15 is 0 Å². The van der Waals surface area contributed by atoms with E-state index in [1.54, 1.807) is 30.5 Å². The van der Waals surface area contributed by atoms with Gasteiger partial charge in [0.25, 0.3) is 5.56 Å². The molecule has 6 rings (SSSR count). The summed E-state index contributed by atoms with van der Waals surface area (Å²) in [4.78, 5) is 57.2. The van der Waals surface area contributed by atoms with Gasteiger partial charge in [-0.15, -0.1) is 0 Å². The molecule has 1 atom stereocenters. The number of carboxylic acid groups (broad SMARTS) is 1. The number of carbonyl (C=O) groups is 3. The topological polar surface area (TPSA) is 134 Å². The van der Waals surface area contributed by atoms with Crippen molar-refractivity contribution in [1.29, 1.82) is 0 Å². The predicted octanol–water partition coefficient (Wildman–Crippen LogP) is 6.28. The van der Waals surface area contributed by atoms with Gasteiger partial charge in [0.2, 0.25) is 5.91 Å². The second kappa shape index (κ2) is 12.7. The lowest BCUT2D eigenvalue weighted by Crippen LogP contribution is -2.41. The van der Waals surface area contributed by atoms with E-state index in [0.717, 1.165) is 27.8 Å². The molecule has 1 saturated heterocycles. The second-order valence-electron chi connectivity index (χ2n) is 11.0. The summed E-state index contributed by atoms with van der Waals surface area (Å²) in [5, 5.41) is 13.2. The number of nitrogens with zero attached hydrogens (tertiary/aromatic N) is 4. The average Bonchev–Trinajstić information content (AvgIpc) is 3.46. The van der Waals surface area contributed by atoms with Gasteiger partial charge in [-0.2, -0.15) is 0 Å². The molecule has 2 N–H and O–H groups in total. The van der Waals surface area contributed by atoms with Crippen molar-refractivity contribution in [2.45, 2.75) is 32.4 Å². The van der Waals surface area contributed by atoms with Crippen LogP contribution in [-0.2, 0) is 11.3 Å². The number of fused-ring (bicyclic) bond motifs is 1. The predicted molar refractivity (Wildman–Crippen MR) is 175 cm³/mol. The van der Waals surface area contributed by atoms with Crippen molar-refractivity contribution < 1.29 is 19.5 Å². The van der Waals surface area contributed by atoms with Crippen molar-refractivity contribution in [3.05, 3.63) is 110 Å². The van der Waals surface area contributed by atoms with Gasteiger partial charge in [0.05, 0.1) is 22.8 Å². The minimum absolute atomic E-state index is 0.0128. The molecule has 0 spiro atoms. The highest BCUT2D eigenvalue weighted by Gasteiger charge is 2.26. The van der Waals surface area contributed by atoms with E-state index < -0.39 is 11.7 Å². The van der Waals surface area contributed by atoms with Crippen LogP contribution < -0.4 is 10.9 Å². The van der Waals surface area contributed by atoms with Crippen LogP contribution in [0.3, 0.4) is 0 Å². The maximum atomic E-state index is 12.5. The van der Waals surface area contributed by atoms with Gasteiger partial charge in [0.1, 0.15) is 10.8 Å². The van der Waals surface area contributed by atoms with Crippen LogP contribution in [0.1, 0.15) is 34.3 Å². The number of halogens is 2. The summed E-state index contributed by atoms with van der Waals surface area (Å²) >= 11 is 13.6. The van der Waals surface area contributed by atoms with Crippen LogP contribution in [0.15, 0.2) is 77.9 Å². The van der Waals surface area contributed by atoms with Gasteiger partial charge in [-0.25, -0.2) is 14.8 Å². The monoisotopic (exact) mass is 655 g/mol. The van der Waals surface area contributed by atoms with E-state index in [4.69, 9.17) is 23.2 Å². The number of aldehydes is 1. The maximum Gasteiger partial charge on any atom is 0.407 e. The largest absolute Gasteiger partial charge is 0.465 e. The Balaban J connectivity index is 1.30. The van der Waals surface area contributed by atoms with Crippen LogP contribution in [-0.4, -0.2) is 55.2 Å². The minimum Gasteiger partial charge on any atom is -0.465 e. The summed E-state index contributed by atoms with van der Waals surface area (Å²) in [5.41, 5.74) is 6.07. The molecule has 12 heteroatoms. The Morgan fingerprint density at radius 2 is 1.80 bits per heavy atom. The average molecular weight is 657 g/mol. The van der Waals surface area contributed by atoms with Gasteiger partial charge in [-0.1, -0.05) is 65.7 Å². The molecule has 0 bridgehead atoms. The first-order chi connectivity index (χ1) is 22.1. The lowest BCUT2D eigenvalue weighted by molar-refractivity contribution is -0.119. The summed E-state index contributed by atoms with van der Waals surface area (Å²) in [6, 6.07) is 18.4. The van der Waals surface area contributed by atoms with E-state index in [2.05, 4.69) is 15.3 Å². The zero-order valence-electron chi connectivity index (χ0n) is 24.5. The molecule has 3 aromatic heterocycles. The van der Waals surface area contributed by atoms with E-state index in [0.29, 0.717) is 46.6 Å². The number of nitrogens with one attached hydrogen (secondary N) is 1. The molecular weight excluding hydrogens is 629 g/mol. The van der Waals surface area contributed by atoms with Crippen molar-refractivity contribution >= 4 is 47.1 Å². The Morgan fingerprint density at radius 1 is 1.07 bits per heavy atom. The zero-order chi connectivity index (χ0) is 32.5. The second-order valence-corrected chi connectivity index (χ2v) is 11.8. The molecule has 10 nitrogen and oxygen atoms in total. The van der Waals surface area contributed by atoms with E-state index in [-0.39, 0.29) is 35.8 Å². The van der Waals surface area contributed by atoms with Crippen LogP contribution in [0.4, 0.5) is 4.79 Å². The fraction of sp³-hybridized carbons (Fsp3) is 0.176. The molecule has 4 heterocycles. The molecule has 2 aromatic carbocycles.